The van der Waals surface area contributed by atoms with Crippen molar-refractivity contribution in [3.8, 4) is 5.75 Å². The van der Waals surface area contributed by atoms with Gasteiger partial charge in [0, 0.05) is 30.5 Å². The van der Waals surface area contributed by atoms with Crippen LogP contribution in [-0.2, 0) is 29.0 Å². The number of β-amino-alcohol motifs (C(OH)–C–C–N with tert-alkyl or cyclic N) is 1. The van der Waals surface area contributed by atoms with E-state index in [-0.39, 0.29) is 46.5 Å². The van der Waals surface area contributed by atoms with Crippen LogP contribution in [0.25, 0.3) is 0 Å². The first kappa shape index (κ1) is 24.4. The summed E-state index contributed by atoms with van der Waals surface area (Å²) < 4.78 is 75.1. The van der Waals surface area contributed by atoms with Crippen LogP contribution in [0.1, 0.15) is 23.6 Å². The molecular formula is C24H21ClF3NO4S. The summed E-state index contributed by atoms with van der Waals surface area (Å²) in [5.74, 6) is -3.51. The lowest BCUT2D eigenvalue weighted by molar-refractivity contribution is 0.0172. The number of anilines is 1. The van der Waals surface area contributed by atoms with Gasteiger partial charge in [0.1, 0.15) is 18.2 Å². The van der Waals surface area contributed by atoms with Crippen LogP contribution in [0.15, 0.2) is 65.6 Å². The monoisotopic (exact) mass is 511 g/mol. The quantitative estimate of drug-likeness (QED) is 0.489. The zero-order valence-corrected chi connectivity index (χ0v) is 19.6. The van der Waals surface area contributed by atoms with Gasteiger partial charge in [0.05, 0.1) is 28.3 Å². The molecule has 1 aliphatic heterocycles. The van der Waals surface area contributed by atoms with E-state index in [0.29, 0.717) is 12.5 Å². The predicted octanol–water partition coefficient (Wildman–Crippen LogP) is 5.28. The fourth-order valence-electron chi connectivity index (χ4n) is 3.76. The Morgan fingerprint density at radius 1 is 1.15 bits per heavy atom. The molecule has 1 aliphatic rings. The zero-order valence-electron chi connectivity index (χ0n) is 18.0. The molecule has 3 aromatic rings. The Hall–Kier alpha value is -2.75. The molecule has 5 nitrogen and oxygen atoms in total. The topological polar surface area (TPSA) is 66.8 Å². The van der Waals surface area contributed by atoms with Gasteiger partial charge in [0.2, 0.25) is 0 Å². The zero-order chi connectivity index (χ0) is 24.7. The van der Waals surface area contributed by atoms with Crippen molar-refractivity contribution in [1.29, 1.82) is 0 Å². The van der Waals surface area contributed by atoms with Crippen LogP contribution in [0, 0.1) is 5.82 Å². The number of rotatable bonds is 6. The lowest BCUT2D eigenvalue weighted by Crippen LogP contribution is -2.42. The minimum Gasteiger partial charge on any atom is -0.489 e. The Bertz CT molecular complexity index is 1310. The molecule has 0 aromatic heterocycles. The molecule has 0 spiro atoms. The molecule has 1 N–H and O–H groups in total. The second-order valence-corrected chi connectivity index (χ2v) is 10.4. The maximum atomic E-state index is 14.1. The third-order valence-electron chi connectivity index (χ3n) is 5.53. The van der Waals surface area contributed by atoms with E-state index in [1.807, 2.05) is 0 Å². The Labute approximate surface area is 200 Å². The summed E-state index contributed by atoms with van der Waals surface area (Å²) >= 11 is 6.03. The molecule has 0 fully saturated rings. The van der Waals surface area contributed by atoms with E-state index in [0.717, 1.165) is 16.4 Å². The molecule has 0 amide bonds. The van der Waals surface area contributed by atoms with E-state index >= 15 is 0 Å². The van der Waals surface area contributed by atoms with Crippen LogP contribution in [-0.4, -0.2) is 26.2 Å². The van der Waals surface area contributed by atoms with Crippen LogP contribution in [0.3, 0.4) is 0 Å². The van der Waals surface area contributed by atoms with Gasteiger partial charge in [-0.25, -0.2) is 21.6 Å². The summed E-state index contributed by atoms with van der Waals surface area (Å²) in [6.45, 7) is 0.238. The van der Waals surface area contributed by atoms with Crippen molar-refractivity contribution >= 4 is 27.3 Å². The van der Waals surface area contributed by atoms with E-state index in [2.05, 4.69) is 0 Å². The van der Waals surface area contributed by atoms with E-state index < -0.39 is 33.4 Å². The number of benzene rings is 3. The second kappa shape index (κ2) is 9.13. The number of alkyl halides is 2. The highest BCUT2D eigenvalue weighted by atomic mass is 35.5. The van der Waals surface area contributed by atoms with Gasteiger partial charge < -0.3 is 9.84 Å². The molecule has 34 heavy (non-hydrogen) atoms. The smallest absolute Gasteiger partial charge is 0.270 e. The minimum atomic E-state index is -4.29. The van der Waals surface area contributed by atoms with Gasteiger partial charge in [-0.3, -0.25) is 4.31 Å². The molecule has 0 aliphatic carbocycles. The Kier molecular flexibility index (Phi) is 6.54. The number of hydrogen-bond donors (Lipinski definition) is 1. The first-order valence-electron chi connectivity index (χ1n) is 10.3. The maximum absolute atomic E-state index is 14.1. The number of nitrogens with zero attached hydrogens (tertiary/aromatic N) is 1. The van der Waals surface area contributed by atoms with Crippen LogP contribution < -0.4 is 9.04 Å². The molecule has 0 saturated carbocycles. The van der Waals surface area contributed by atoms with Crippen molar-refractivity contribution in [2.75, 3.05) is 10.8 Å². The van der Waals surface area contributed by atoms with Gasteiger partial charge in [-0.1, -0.05) is 35.9 Å². The standard InChI is InChI=1S/C24H21ClF3NO4S/c1-24(27,28)16-4-2-5-19(11-16)34(31,32)29-13-17(30)10-15-8-9-18(12-23(15)29)33-14-20-21(25)6-3-7-22(20)26/h2-9,11-12,17,30H,10,13-14H2,1H3/t17-/m0/s1. The summed E-state index contributed by atoms with van der Waals surface area (Å²) in [7, 11) is -4.29. The lowest BCUT2D eigenvalue weighted by atomic mass is 10.0. The molecule has 4 rings (SSSR count). The van der Waals surface area contributed by atoms with Gasteiger partial charge in [-0.05, 0) is 35.9 Å². The Morgan fingerprint density at radius 3 is 2.59 bits per heavy atom. The second-order valence-electron chi connectivity index (χ2n) is 8.09. The molecule has 0 unspecified atom stereocenters. The first-order valence-corrected chi connectivity index (χ1v) is 12.2. The fourth-order valence-corrected chi connectivity index (χ4v) is 5.55. The number of hydrogen-bond acceptors (Lipinski definition) is 4. The summed E-state index contributed by atoms with van der Waals surface area (Å²) in [5, 5.41) is 10.5. The number of halogens is 4. The normalized spacial score (nSPS) is 16.3. The SMILES string of the molecule is CC(F)(F)c1cccc(S(=O)(=O)N2C[C@@H](O)Cc3ccc(OCc4c(F)cccc4Cl)cc32)c1. The minimum absolute atomic E-state index is 0.152. The van der Waals surface area contributed by atoms with Crippen molar-refractivity contribution in [3.63, 3.8) is 0 Å². The average molecular weight is 512 g/mol. The van der Waals surface area contributed by atoms with Crippen molar-refractivity contribution < 1.29 is 31.4 Å². The largest absolute Gasteiger partial charge is 0.489 e. The maximum Gasteiger partial charge on any atom is 0.270 e. The van der Waals surface area contributed by atoms with Gasteiger partial charge in [-0.2, -0.15) is 0 Å². The summed E-state index contributed by atoms with van der Waals surface area (Å²) in [5.41, 5.74) is 0.496. The number of sulfonamides is 1. The van der Waals surface area contributed by atoms with Crippen molar-refractivity contribution in [2.45, 2.75) is 36.9 Å². The van der Waals surface area contributed by atoms with E-state index in [9.17, 15) is 26.7 Å². The number of fused-ring (bicyclic) bond motifs is 1. The molecule has 1 atom stereocenters. The average Bonchev–Trinajstić information content (AvgIpc) is 2.78. The van der Waals surface area contributed by atoms with E-state index in [1.54, 1.807) is 12.1 Å². The van der Waals surface area contributed by atoms with Crippen molar-refractivity contribution in [3.05, 3.63) is 88.2 Å². The first-order chi connectivity index (χ1) is 16.0. The van der Waals surface area contributed by atoms with Crippen molar-refractivity contribution in [1.82, 2.24) is 0 Å². The number of ether oxygens (including phenoxy) is 1. The number of aliphatic hydroxyl groups is 1. The molecular weight excluding hydrogens is 491 g/mol. The molecule has 0 saturated heterocycles. The summed E-state index contributed by atoms with van der Waals surface area (Å²) in [6.07, 6.45) is -0.782. The Balaban J connectivity index is 1.69. The molecule has 0 bridgehead atoms. The van der Waals surface area contributed by atoms with Gasteiger partial charge in [0.15, 0.2) is 0 Å². The van der Waals surface area contributed by atoms with Crippen LogP contribution in [0.2, 0.25) is 5.02 Å². The summed E-state index contributed by atoms with van der Waals surface area (Å²) in [4.78, 5) is -0.323. The summed E-state index contributed by atoms with van der Waals surface area (Å²) in [6, 6.07) is 13.5. The lowest BCUT2D eigenvalue weighted by Gasteiger charge is -2.33. The van der Waals surface area contributed by atoms with Crippen LogP contribution >= 0.6 is 11.6 Å². The van der Waals surface area contributed by atoms with Gasteiger partial charge >= 0.3 is 0 Å². The third kappa shape index (κ3) is 4.87. The Morgan fingerprint density at radius 2 is 1.88 bits per heavy atom. The van der Waals surface area contributed by atoms with Gasteiger partial charge in [-0.15, -0.1) is 0 Å². The molecule has 1 heterocycles. The predicted molar refractivity (Wildman–Crippen MR) is 122 cm³/mol. The van der Waals surface area contributed by atoms with Crippen LogP contribution in [0.5, 0.6) is 5.75 Å². The van der Waals surface area contributed by atoms with E-state index in [1.165, 1.54) is 36.4 Å². The highest BCUT2D eigenvalue weighted by Crippen LogP contribution is 2.36. The third-order valence-corrected chi connectivity index (χ3v) is 7.66. The molecule has 180 valence electrons. The van der Waals surface area contributed by atoms with Crippen molar-refractivity contribution in [2.24, 2.45) is 0 Å². The highest BCUT2D eigenvalue weighted by molar-refractivity contribution is 7.92. The highest BCUT2D eigenvalue weighted by Gasteiger charge is 2.34. The van der Waals surface area contributed by atoms with Gasteiger partial charge in [0.25, 0.3) is 15.9 Å². The molecule has 3 aromatic carbocycles. The number of aliphatic hydroxyl groups excluding tert-OH is 1. The molecule has 10 heteroatoms. The fraction of sp³-hybridized carbons (Fsp3) is 0.250. The molecule has 0 radical (unpaired) electrons. The van der Waals surface area contributed by atoms with Crippen LogP contribution in [0.4, 0.5) is 18.9 Å². The van der Waals surface area contributed by atoms with E-state index in [4.69, 9.17) is 16.3 Å².